The fourth-order valence-electron chi connectivity index (χ4n) is 1.57. The molecule has 1 aromatic heterocycles. The average Bonchev–Trinajstić information content (AvgIpc) is 2.65. The largest absolute Gasteiger partial charge is 0.271 e. The Morgan fingerprint density at radius 3 is 2.50 bits per heavy atom. The molecule has 7 heteroatoms. The molecule has 0 aliphatic rings. The van der Waals surface area contributed by atoms with Crippen LogP contribution in [0, 0.1) is 0 Å². The Bertz CT molecular complexity index is 555. The van der Waals surface area contributed by atoms with Crippen LogP contribution in [0.4, 0.5) is 0 Å². The maximum atomic E-state index is 6.19. The second-order valence-electron chi connectivity index (χ2n) is 3.54. The van der Waals surface area contributed by atoms with Crippen LogP contribution in [0.25, 0.3) is 0 Å². The zero-order valence-electron chi connectivity index (χ0n) is 8.88. The van der Waals surface area contributed by atoms with Crippen LogP contribution in [0.5, 0.6) is 0 Å². The van der Waals surface area contributed by atoms with Crippen molar-refractivity contribution < 1.29 is 0 Å². The van der Waals surface area contributed by atoms with Gasteiger partial charge < -0.3 is 0 Å². The van der Waals surface area contributed by atoms with Crippen molar-refractivity contribution in [1.82, 2.24) is 5.43 Å². The number of nitrogens with two attached hydrogens (primary N) is 1. The van der Waals surface area contributed by atoms with Crippen LogP contribution in [0.15, 0.2) is 32.5 Å². The number of hydrogen-bond donors (Lipinski definition) is 2. The first-order valence-electron chi connectivity index (χ1n) is 4.88. The minimum atomic E-state index is -0.191. The third kappa shape index (κ3) is 3.10. The van der Waals surface area contributed by atoms with Gasteiger partial charge in [-0.3, -0.25) is 5.84 Å². The van der Waals surface area contributed by atoms with E-state index < -0.39 is 0 Å². The molecule has 0 bridgehead atoms. The Morgan fingerprint density at radius 2 is 1.94 bits per heavy atom. The summed E-state index contributed by atoms with van der Waals surface area (Å²) >= 11 is 20.7. The molecule has 1 heterocycles. The zero-order valence-corrected chi connectivity index (χ0v) is 14.4. The van der Waals surface area contributed by atoms with Crippen molar-refractivity contribution in [1.29, 1.82) is 0 Å². The molecular weight excluding hydrogens is 423 g/mol. The number of hydrazine groups is 1. The summed E-state index contributed by atoms with van der Waals surface area (Å²) in [5.74, 6) is 5.64. The van der Waals surface area contributed by atoms with Gasteiger partial charge in [-0.15, -0.1) is 11.3 Å². The summed E-state index contributed by atoms with van der Waals surface area (Å²) in [5.41, 5.74) is 3.62. The van der Waals surface area contributed by atoms with Crippen molar-refractivity contribution in [2.45, 2.75) is 6.04 Å². The van der Waals surface area contributed by atoms with E-state index in [2.05, 4.69) is 37.3 Å². The molecular formula is C11H8Br2Cl2N2S. The minimum absolute atomic E-state index is 0.191. The van der Waals surface area contributed by atoms with Gasteiger partial charge in [0.2, 0.25) is 0 Å². The van der Waals surface area contributed by atoms with E-state index in [1.807, 2.05) is 12.1 Å². The molecule has 0 amide bonds. The van der Waals surface area contributed by atoms with Crippen molar-refractivity contribution in [3.63, 3.8) is 0 Å². The number of thiophene rings is 1. The highest BCUT2D eigenvalue weighted by Crippen LogP contribution is 2.39. The smallest absolute Gasteiger partial charge is 0.0843 e. The third-order valence-corrected chi connectivity index (χ3v) is 6.28. The lowest BCUT2D eigenvalue weighted by Crippen LogP contribution is -2.28. The molecule has 0 radical (unpaired) electrons. The molecule has 0 spiro atoms. The van der Waals surface area contributed by atoms with Crippen molar-refractivity contribution in [3.05, 3.63) is 53.0 Å². The maximum absolute atomic E-state index is 6.19. The average molecular weight is 431 g/mol. The summed E-state index contributed by atoms with van der Waals surface area (Å²) < 4.78 is 2.00. The van der Waals surface area contributed by atoms with E-state index in [0.29, 0.717) is 10.0 Å². The first-order chi connectivity index (χ1) is 8.52. The Kier molecular flexibility index (Phi) is 5.11. The Hall–Kier alpha value is 0.380. The molecule has 2 aromatic rings. The zero-order chi connectivity index (χ0) is 13.3. The van der Waals surface area contributed by atoms with Gasteiger partial charge in [0.15, 0.2) is 0 Å². The van der Waals surface area contributed by atoms with Crippen molar-refractivity contribution in [2.75, 3.05) is 0 Å². The van der Waals surface area contributed by atoms with Crippen LogP contribution in [0.3, 0.4) is 0 Å². The highest BCUT2D eigenvalue weighted by Gasteiger charge is 2.19. The normalized spacial score (nSPS) is 12.7. The Balaban J connectivity index is 2.48. The van der Waals surface area contributed by atoms with Gasteiger partial charge in [-0.1, -0.05) is 23.2 Å². The van der Waals surface area contributed by atoms with E-state index >= 15 is 0 Å². The highest BCUT2D eigenvalue weighted by atomic mass is 79.9. The molecule has 2 nitrogen and oxygen atoms in total. The van der Waals surface area contributed by atoms with Crippen LogP contribution in [-0.4, -0.2) is 0 Å². The molecule has 0 saturated heterocycles. The van der Waals surface area contributed by atoms with E-state index in [0.717, 1.165) is 18.7 Å². The van der Waals surface area contributed by atoms with Gasteiger partial charge in [-0.2, -0.15) is 0 Å². The van der Waals surface area contributed by atoms with E-state index in [4.69, 9.17) is 29.0 Å². The number of rotatable bonds is 3. The van der Waals surface area contributed by atoms with E-state index in [-0.39, 0.29) is 6.04 Å². The molecule has 18 heavy (non-hydrogen) atoms. The van der Waals surface area contributed by atoms with Gasteiger partial charge in [0.25, 0.3) is 0 Å². The predicted octanol–water partition coefficient (Wildman–Crippen LogP) is 5.13. The molecule has 1 atom stereocenters. The summed E-state index contributed by atoms with van der Waals surface area (Å²) in [4.78, 5) is 1.04. The molecule has 0 saturated carbocycles. The first-order valence-corrected chi connectivity index (χ1v) is 8.04. The Morgan fingerprint density at radius 1 is 1.22 bits per heavy atom. The minimum Gasteiger partial charge on any atom is -0.271 e. The van der Waals surface area contributed by atoms with Gasteiger partial charge in [-0.25, -0.2) is 5.43 Å². The lowest BCUT2D eigenvalue weighted by atomic mass is 10.1. The predicted molar refractivity (Wildman–Crippen MR) is 85.3 cm³/mol. The van der Waals surface area contributed by atoms with Crippen LogP contribution in [0.1, 0.15) is 16.5 Å². The van der Waals surface area contributed by atoms with E-state index in [9.17, 15) is 0 Å². The summed E-state index contributed by atoms with van der Waals surface area (Å²) in [6, 6.07) is 7.14. The van der Waals surface area contributed by atoms with Crippen LogP contribution in [-0.2, 0) is 0 Å². The van der Waals surface area contributed by atoms with Gasteiger partial charge in [-0.05, 0) is 61.7 Å². The fourth-order valence-corrected chi connectivity index (χ4v) is 4.14. The van der Waals surface area contributed by atoms with Gasteiger partial charge in [0.1, 0.15) is 0 Å². The van der Waals surface area contributed by atoms with Crippen molar-refractivity contribution >= 4 is 66.4 Å². The monoisotopic (exact) mass is 428 g/mol. The van der Waals surface area contributed by atoms with E-state index in [1.54, 1.807) is 23.5 Å². The summed E-state index contributed by atoms with van der Waals surface area (Å²) in [6.45, 7) is 0. The number of benzene rings is 1. The summed E-state index contributed by atoms with van der Waals surface area (Å²) in [6.07, 6.45) is 0. The second kappa shape index (κ2) is 6.22. The molecule has 0 fully saturated rings. The first kappa shape index (κ1) is 14.8. The Labute approximate surface area is 136 Å². The summed E-state index contributed by atoms with van der Waals surface area (Å²) in [7, 11) is 0. The highest BCUT2D eigenvalue weighted by molar-refractivity contribution is 9.13. The second-order valence-corrected chi connectivity index (χ2v) is 7.64. The molecule has 1 unspecified atom stereocenters. The van der Waals surface area contributed by atoms with Gasteiger partial charge in [0, 0.05) is 19.4 Å². The molecule has 3 N–H and O–H groups in total. The van der Waals surface area contributed by atoms with Crippen molar-refractivity contribution in [3.8, 4) is 0 Å². The van der Waals surface area contributed by atoms with Crippen LogP contribution >= 0.6 is 66.4 Å². The van der Waals surface area contributed by atoms with Gasteiger partial charge in [0.05, 0.1) is 9.83 Å². The number of nitrogens with one attached hydrogen (secondary N) is 1. The molecule has 1 aromatic carbocycles. The molecule has 96 valence electrons. The van der Waals surface area contributed by atoms with Gasteiger partial charge >= 0.3 is 0 Å². The fraction of sp³-hybridized carbons (Fsp3) is 0.0909. The summed E-state index contributed by atoms with van der Waals surface area (Å²) in [5, 5.41) is 1.26. The SMILES string of the molecule is NNC(c1cc(Br)c(Br)s1)c1cc(Cl)ccc1Cl. The lowest BCUT2D eigenvalue weighted by molar-refractivity contribution is 0.646. The molecule has 0 aliphatic carbocycles. The van der Waals surface area contributed by atoms with Crippen LogP contribution in [0.2, 0.25) is 10.0 Å². The molecule has 2 rings (SSSR count). The maximum Gasteiger partial charge on any atom is 0.0843 e. The third-order valence-electron chi connectivity index (χ3n) is 2.38. The lowest BCUT2D eigenvalue weighted by Gasteiger charge is -2.16. The number of hydrogen-bond acceptors (Lipinski definition) is 3. The quantitative estimate of drug-likeness (QED) is 0.523. The van der Waals surface area contributed by atoms with E-state index in [1.165, 1.54) is 0 Å². The van der Waals surface area contributed by atoms with Crippen LogP contribution < -0.4 is 11.3 Å². The number of halogens is 4. The van der Waals surface area contributed by atoms with Crippen molar-refractivity contribution in [2.24, 2.45) is 5.84 Å². The standard InChI is InChI=1S/C11H8Br2Cl2N2S/c12-7-4-9(18-11(7)13)10(17-16)6-3-5(14)1-2-8(6)15/h1-4,10,17H,16H2. The topological polar surface area (TPSA) is 38.0 Å². The molecule has 0 aliphatic heterocycles.